The molecule has 2 amide bonds. The van der Waals surface area contributed by atoms with Gasteiger partial charge >= 0.3 is 0 Å². The smallest absolute Gasteiger partial charge is 0.229 e. The summed E-state index contributed by atoms with van der Waals surface area (Å²) in [5.41, 5.74) is 1.28. The van der Waals surface area contributed by atoms with Gasteiger partial charge in [0.15, 0.2) is 5.58 Å². The highest BCUT2D eigenvalue weighted by molar-refractivity contribution is 7.15. The number of carbonyl (C=O) groups is 2. The van der Waals surface area contributed by atoms with E-state index in [-0.39, 0.29) is 24.8 Å². The third kappa shape index (κ3) is 3.55. The lowest BCUT2D eigenvalue weighted by molar-refractivity contribution is -0.126. The van der Waals surface area contributed by atoms with E-state index in [2.05, 4.69) is 20.5 Å². The van der Waals surface area contributed by atoms with Crippen LogP contribution in [0.4, 0.5) is 5.13 Å². The van der Waals surface area contributed by atoms with E-state index in [0.29, 0.717) is 34.4 Å². The van der Waals surface area contributed by atoms with Crippen LogP contribution in [-0.4, -0.2) is 40.7 Å². The van der Waals surface area contributed by atoms with Gasteiger partial charge in [-0.15, -0.1) is 10.2 Å². The summed E-state index contributed by atoms with van der Waals surface area (Å²) < 4.78 is 10.8. The van der Waals surface area contributed by atoms with Crippen LogP contribution in [-0.2, 0) is 22.6 Å². The molecule has 0 spiro atoms. The van der Waals surface area contributed by atoms with E-state index in [1.54, 1.807) is 25.3 Å². The van der Waals surface area contributed by atoms with Crippen LogP contribution in [0.1, 0.15) is 24.2 Å². The Kier molecular flexibility index (Phi) is 4.95. The second-order valence-corrected chi connectivity index (χ2v) is 7.44. The van der Waals surface area contributed by atoms with Crippen molar-refractivity contribution >= 4 is 39.4 Å². The number of carbonyl (C=O) groups excluding carboxylic acids is 2. The predicted molar refractivity (Wildman–Crippen MR) is 102 cm³/mol. The van der Waals surface area contributed by atoms with Crippen molar-refractivity contribution in [2.24, 2.45) is 5.92 Å². The van der Waals surface area contributed by atoms with E-state index < -0.39 is 5.92 Å². The van der Waals surface area contributed by atoms with Crippen LogP contribution in [0.2, 0.25) is 0 Å². The summed E-state index contributed by atoms with van der Waals surface area (Å²) in [4.78, 5) is 30.7. The Morgan fingerprint density at radius 3 is 3.04 bits per heavy atom. The van der Waals surface area contributed by atoms with Gasteiger partial charge in [-0.1, -0.05) is 18.3 Å². The van der Waals surface area contributed by atoms with Gasteiger partial charge < -0.3 is 14.5 Å². The topological polar surface area (TPSA) is 110 Å². The molecule has 2 aromatic heterocycles. The summed E-state index contributed by atoms with van der Waals surface area (Å²) >= 11 is 1.38. The predicted octanol–water partition coefficient (Wildman–Crippen LogP) is 1.92. The summed E-state index contributed by atoms with van der Waals surface area (Å²) in [6, 6.07) is 5.32. The van der Waals surface area contributed by atoms with Crippen LogP contribution in [0, 0.1) is 5.92 Å². The molecule has 0 saturated carbocycles. The van der Waals surface area contributed by atoms with Crippen LogP contribution in [0.3, 0.4) is 0 Å². The van der Waals surface area contributed by atoms with Crippen molar-refractivity contribution in [1.82, 2.24) is 20.5 Å². The number of benzene rings is 1. The molecule has 9 nitrogen and oxygen atoms in total. The largest absolute Gasteiger partial charge is 0.497 e. The summed E-state index contributed by atoms with van der Waals surface area (Å²) in [6.45, 7) is 2.43. The van der Waals surface area contributed by atoms with E-state index in [1.165, 1.54) is 16.2 Å². The molecular weight excluding hydrogens is 382 g/mol. The normalized spacial score (nSPS) is 16.7. The number of amides is 2. The zero-order chi connectivity index (χ0) is 19.7. The third-order valence-electron chi connectivity index (χ3n) is 4.54. The maximum Gasteiger partial charge on any atom is 0.229 e. The second kappa shape index (κ2) is 7.55. The fraction of sp³-hybridized carbons (Fsp3) is 0.389. The fourth-order valence-electron chi connectivity index (χ4n) is 3.03. The lowest BCUT2D eigenvalue weighted by atomic mass is 10.1. The number of rotatable bonds is 6. The van der Waals surface area contributed by atoms with Crippen molar-refractivity contribution in [3.63, 3.8) is 0 Å². The van der Waals surface area contributed by atoms with Crippen LogP contribution in [0.25, 0.3) is 11.1 Å². The molecule has 146 valence electrons. The van der Waals surface area contributed by atoms with Gasteiger partial charge in [0.1, 0.15) is 16.3 Å². The van der Waals surface area contributed by atoms with E-state index in [9.17, 15) is 9.59 Å². The van der Waals surface area contributed by atoms with Crippen molar-refractivity contribution in [3.8, 4) is 5.75 Å². The molecule has 3 heterocycles. The monoisotopic (exact) mass is 401 g/mol. The summed E-state index contributed by atoms with van der Waals surface area (Å²) in [6.07, 6.45) is 0.914. The Morgan fingerprint density at radius 2 is 2.29 bits per heavy atom. The van der Waals surface area contributed by atoms with Crippen LogP contribution < -0.4 is 15.0 Å². The maximum absolute atomic E-state index is 12.5. The molecule has 1 aliphatic heterocycles. The Hall–Kier alpha value is -3.01. The average molecular weight is 401 g/mol. The lowest BCUT2D eigenvalue weighted by Gasteiger charge is -2.12. The molecule has 1 N–H and O–H groups in total. The number of hydrogen-bond donors (Lipinski definition) is 1. The molecule has 0 radical (unpaired) electrons. The number of anilines is 1. The molecule has 28 heavy (non-hydrogen) atoms. The molecule has 10 heteroatoms. The van der Waals surface area contributed by atoms with Gasteiger partial charge in [0, 0.05) is 19.0 Å². The number of oxazole rings is 1. The number of methoxy groups -OCH3 is 1. The first kappa shape index (κ1) is 18.4. The summed E-state index contributed by atoms with van der Waals surface area (Å²) in [5, 5.41) is 12.3. The van der Waals surface area contributed by atoms with Crippen molar-refractivity contribution in [1.29, 1.82) is 0 Å². The molecular formula is C18H19N5O4S. The standard InChI is InChI=1S/C18H19N5O4S/c1-3-15-21-22-18(28-15)23-9-10(6-16(23)24)17(25)19-8-14-20-12-7-11(26-2)4-5-13(12)27-14/h4-5,7,10H,3,6,8-9H2,1-2H3,(H,19,25). The lowest BCUT2D eigenvalue weighted by Crippen LogP contribution is -2.32. The molecule has 3 aromatic rings. The first-order valence-electron chi connectivity index (χ1n) is 8.91. The number of nitrogens with zero attached hydrogens (tertiary/aromatic N) is 4. The Labute approximate surface area is 164 Å². The Morgan fingerprint density at radius 1 is 1.43 bits per heavy atom. The molecule has 1 aromatic carbocycles. The Balaban J connectivity index is 1.38. The van der Waals surface area contributed by atoms with Gasteiger partial charge in [-0.05, 0) is 18.6 Å². The zero-order valence-corrected chi connectivity index (χ0v) is 16.3. The van der Waals surface area contributed by atoms with Crippen LogP contribution >= 0.6 is 11.3 Å². The van der Waals surface area contributed by atoms with E-state index in [4.69, 9.17) is 9.15 Å². The highest BCUT2D eigenvalue weighted by Gasteiger charge is 2.36. The first-order valence-corrected chi connectivity index (χ1v) is 9.73. The Bertz CT molecular complexity index is 1030. The SMILES string of the molecule is CCc1nnc(N2CC(C(=O)NCc3nc4cc(OC)ccc4o3)CC2=O)s1. The number of aryl methyl sites for hydroxylation is 1. The molecule has 0 bridgehead atoms. The molecule has 1 atom stereocenters. The van der Waals surface area contributed by atoms with Gasteiger partial charge in [0.2, 0.25) is 22.8 Å². The average Bonchev–Trinajstić information content (AvgIpc) is 3.42. The number of aromatic nitrogens is 3. The van der Waals surface area contributed by atoms with Gasteiger partial charge in [-0.3, -0.25) is 14.5 Å². The molecule has 1 fully saturated rings. The maximum atomic E-state index is 12.5. The van der Waals surface area contributed by atoms with Gasteiger partial charge in [0.25, 0.3) is 0 Å². The quantitative estimate of drug-likeness (QED) is 0.672. The van der Waals surface area contributed by atoms with Gasteiger partial charge in [0.05, 0.1) is 19.6 Å². The van der Waals surface area contributed by atoms with Gasteiger partial charge in [-0.25, -0.2) is 4.98 Å². The molecule has 0 aliphatic carbocycles. The van der Waals surface area contributed by atoms with Crippen molar-refractivity contribution in [2.75, 3.05) is 18.6 Å². The minimum atomic E-state index is -0.439. The van der Waals surface area contributed by atoms with E-state index >= 15 is 0 Å². The highest BCUT2D eigenvalue weighted by atomic mass is 32.1. The first-order chi connectivity index (χ1) is 13.6. The van der Waals surface area contributed by atoms with Crippen molar-refractivity contribution in [3.05, 3.63) is 29.1 Å². The highest BCUT2D eigenvalue weighted by Crippen LogP contribution is 2.28. The minimum absolute atomic E-state index is 0.118. The fourth-order valence-corrected chi connectivity index (χ4v) is 3.83. The van der Waals surface area contributed by atoms with Crippen LogP contribution in [0.15, 0.2) is 22.6 Å². The van der Waals surface area contributed by atoms with Gasteiger partial charge in [-0.2, -0.15) is 0 Å². The number of fused-ring (bicyclic) bond motifs is 1. The van der Waals surface area contributed by atoms with E-state index in [0.717, 1.165) is 11.4 Å². The summed E-state index contributed by atoms with van der Waals surface area (Å²) in [5.74, 6) is 0.313. The third-order valence-corrected chi connectivity index (χ3v) is 5.63. The molecule has 1 saturated heterocycles. The van der Waals surface area contributed by atoms with Crippen molar-refractivity contribution < 1.29 is 18.7 Å². The molecule has 1 aliphatic rings. The second-order valence-electron chi connectivity index (χ2n) is 6.40. The molecule has 4 rings (SSSR count). The zero-order valence-electron chi connectivity index (χ0n) is 15.5. The van der Waals surface area contributed by atoms with Crippen molar-refractivity contribution in [2.45, 2.75) is 26.3 Å². The number of nitrogens with one attached hydrogen (secondary N) is 1. The summed E-state index contributed by atoms with van der Waals surface area (Å²) in [7, 11) is 1.58. The molecule has 1 unspecified atom stereocenters. The van der Waals surface area contributed by atoms with E-state index in [1.807, 2.05) is 6.92 Å². The number of ether oxygens (including phenoxy) is 1. The number of hydrogen-bond acceptors (Lipinski definition) is 8. The van der Waals surface area contributed by atoms with Crippen LogP contribution in [0.5, 0.6) is 5.75 Å². The minimum Gasteiger partial charge on any atom is -0.497 e.